The van der Waals surface area contributed by atoms with Crippen LogP contribution < -0.4 is 0 Å². The molecule has 0 heterocycles. The number of benzene rings is 1. The van der Waals surface area contributed by atoms with Gasteiger partial charge in [0.1, 0.15) is 0 Å². The van der Waals surface area contributed by atoms with Crippen molar-refractivity contribution < 1.29 is 13.2 Å². The molecule has 1 nitrogen and oxygen atoms in total. The van der Waals surface area contributed by atoms with Crippen LogP contribution in [-0.4, -0.2) is 11.3 Å². The van der Waals surface area contributed by atoms with E-state index in [1.54, 1.807) is 0 Å². The number of halogens is 6. The van der Waals surface area contributed by atoms with Gasteiger partial charge >= 0.3 is 6.18 Å². The normalized spacial score (nSPS) is 13.0. The molecule has 0 N–H and O–H groups in total. The van der Waals surface area contributed by atoms with Gasteiger partial charge < -0.3 is 0 Å². The average Bonchev–Trinajstić information content (AvgIpc) is 2.16. The third-order valence-corrected chi connectivity index (χ3v) is 2.47. The largest absolute Gasteiger partial charge is 0.444 e. The Labute approximate surface area is 105 Å². The van der Waals surface area contributed by atoms with Gasteiger partial charge in [-0.3, -0.25) is 0 Å². The summed E-state index contributed by atoms with van der Waals surface area (Å²) in [4.78, 5) is 3.25. The zero-order chi connectivity index (χ0) is 12.3. The fraction of sp³-hybridized carbons (Fsp3) is 0.222. The minimum atomic E-state index is -4.67. The summed E-state index contributed by atoms with van der Waals surface area (Å²) in [5, 5.41) is -1.19. The summed E-state index contributed by atoms with van der Waals surface area (Å²) >= 11 is 16.2. The first-order valence-corrected chi connectivity index (χ1v) is 5.29. The molecule has 0 aliphatic rings. The Bertz CT molecular complexity index is 415. The number of nitrogens with zero attached hydrogens (tertiary/aromatic N) is 1. The number of aliphatic imine (C=N–C) groups is 1. The Kier molecular flexibility index (Phi) is 4.47. The Morgan fingerprint density at radius 1 is 1.31 bits per heavy atom. The highest BCUT2D eigenvalue weighted by molar-refractivity contribution is 6.67. The van der Waals surface area contributed by atoms with Gasteiger partial charge in [0.05, 0.1) is 5.69 Å². The van der Waals surface area contributed by atoms with E-state index < -0.39 is 11.3 Å². The zero-order valence-electron chi connectivity index (χ0n) is 7.65. The highest BCUT2D eigenvalue weighted by Gasteiger charge is 2.34. The van der Waals surface area contributed by atoms with E-state index in [2.05, 4.69) is 4.99 Å². The topological polar surface area (TPSA) is 12.4 Å². The molecule has 16 heavy (non-hydrogen) atoms. The molecule has 1 rings (SSSR count). The van der Waals surface area contributed by atoms with Gasteiger partial charge in [-0.05, 0) is 17.7 Å². The third kappa shape index (κ3) is 3.54. The van der Waals surface area contributed by atoms with Crippen molar-refractivity contribution in [2.24, 2.45) is 4.99 Å². The standard InChI is InChI=1S/C9H5Cl3F3N/c10-4-5-1-2-6(11)3-7(5)16-8(12)9(13,14)15/h1-3H,4H2. The molecule has 0 atom stereocenters. The van der Waals surface area contributed by atoms with Crippen molar-refractivity contribution in [2.45, 2.75) is 12.1 Å². The Morgan fingerprint density at radius 2 is 1.94 bits per heavy atom. The predicted molar refractivity (Wildman–Crippen MR) is 60.0 cm³/mol. The molecule has 0 saturated carbocycles. The van der Waals surface area contributed by atoms with E-state index in [0.717, 1.165) is 0 Å². The van der Waals surface area contributed by atoms with Crippen LogP contribution >= 0.6 is 34.8 Å². The molecular weight excluding hydrogens is 285 g/mol. The lowest BCUT2D eigenvalue weighted by atomic mass is 10.2. The van der Waals surface area contributed by atoms with Crippen molar-refractivity contribution in [2.75, 3.05) is 0 Å². The van der Waals surface area contributed by atoms with Crippen LogP contribution in [0.4, 0.5) is 18.9 Å². The Morgan fingerprint density at radius 3 is 2.44 bits per heavy atom. The predicted octanol–water partition coefficient (Wildman–Crippen LogP) is 4.91. The maximum Gasteiger partial charge on any atom is 0.444 e. The molecule has 1 aromatic carbocycles. The quantitative estimate of drug-likeness (QED) is 0.542. The molecule has 0 fully saturated rings. The van der Waals surface area contributed by atoms with Crippen molar-refractivity contribution >= 4 is 45.7 Å². The van der Waals surface area contributed by atoms with Gasteiger partial charge in [-0.15, -0.1) is 11.6 Å². The van der Waals surface area contributed by atoms with Crippen LogP contribution in [-0.2, 0) is 5.88 Å². The SMILES string of the molecule is FC(F)(F)C(Cl)=Nc1cc(Cl)ccc1CCl. The van der Waals surface area contributed by atoms with Gasteiger partial charge in [-0.25, -0.2) is 4.99 Å². The highest BCUT2D eigenvalue weighted by Crippen LogP contribution is 2.29. The molecule has 0 aliphatic carbocycles. The fourth-order valence-corrected chi connectivity index (χ4v) is 1.41. The van der Waals surface area contributed by atoms with Gasteiger partial charge in [-0.2, -0.15) is 13.2 Å². The van der Waals surface area contributed by atoms with E-state index in [1.165, 1.54) is 18.2 Å². The minimum absolute atomic E-state index is 0.0184. The second-order valence-corrected chi connectivity index (χ2v) is 3.87. The lowest BCUT2D eigenvalue weighted by Gasteiger charge is -2.06. The number of alkyl halides is 4. The van der Waals surface area contributed by atoms with E-state index in [9.17, 15) is 13.2 Å². The maximum atomic E-state index is 12.1. The first kappa shape index (κ1) is 13.6. The van der Waals surface area contributed by atoms with Crippen LogP contribution in [0.25, 0.3) is 0 Å². The van der Waals surface area contributed by atoms with Gasteiger partial charge in [-0.1, -0.05) is 29.3 Å². The van der Waals surface area contributed by atoms with E-state index in [-0.39, 0.29) is 16.6 Å². The molecular formula is C9H5Cl3F3N. The molecule has 0 amide bonds. The summed E-state index contributed by atoms with van der Waals surface area (Å²) in [6.45, 7) is 0. The van der Waals surface area contributed by atoms with E-state index in [0.29, 0.717) is 5.56 Å². The second-order valence-electron chi connectivity index (χ2n) is 2.81. The van der Waals surface area contributed by atoms with Gasteiger partial charge in [0.2, 0.25) is 5.17 Å². The van der Waals surface area contributed by atoms with E-state index >= 15 is 0 Å². The molecule has 1 aromatic rings. The first-order chi connectivity index (χ1) is 7.34. The fourth-order valence-electron chi connectivity index (χ4n) is 0.923. The molecule has 0 aliphatic heterocycles. The summed E-state index contributed by atoms with van der Waals surface area (Å²) in [6, 6.07) is 4.28. The van der Waals surface area contributed by atoms with Crippen molar-refractivity contribution in [3.05, 3.63) is 28.8 Å². The van der Waals surface area contributed by atoms with Gasteiger partial charge in [0.15, 0.2) is 0 Å². The minimum Gasteiger partial charge on any atom is -0.232 e. The van der Waals surface area contributed by atoms with Crippen LogP contribution in [0.1, 0.15) is 5.56 Å². The second kappa shape index (κ2) is 5.25. The van der Waals surface area contributed by atoms with Crippen LogP contribution in [0.3, 0.4) is 0 Å². The third-order valence-electron chi connectivity index (χ3n) is 1.64. The number of rotatable bonds is 2. The number of hydrogen-bond donors (Lipinski definition) is 0. The molecule has 0 bridgehead atoms. The lowest BCUT2D eigenvalue weighted by molar-refractivity contribution is -0.0558. The van der Waals surface area contributed by atoms with E-state index in [1.807, 2.05) is 0 Å². The van der Waals surface area contributed by atoms with Crippen LogP contribution in [0, 0.1) is 0 Å². The smallest absolute Gasteiger partial charge is 0.232 e. The van der Waals surface area contributed by atoms with Crippen LogP contribution in [0.2, 0.25) is 5.02 Å². The van der Waals surface area contributed by atoms with Crippen molar-refractivity contribution in [3.63, 3.8) is 0 Å². The highest BCUT2D eigenvalue weighted by atomic mass is 35.5. The molecule has 0 unspecified atom stereocenters. The van der Waals surface area contributed by atoms with Crippen molar-refractivity contribution in [1.82, 2.24) is 0 Å². The molecule has 88 valence electrons. The summed E-state index contributed by atoms with van der Waals surface area (Å²) < 4.78 is 36.4. The zero-order valence-corrected chi connectivity index (χ0v) is 9.92. The van der Waals surface area contributed by atoms with E-state index in [4.69, 9.17) is 34.8 Å². The summed E-state index contributed by atoms with van der Waals surface area (Å²) in [7, 11) is 0. The Hall–Kier alpha value is -0.450. The number of hydrogen-bond acceptors (Lipinski definition) is 1. The summed E-state index contributed by atoms with van der Waals surface area (Å²) in [5.41, 5.74) is 0.443. The van der Waals surface area contributed by atoms with Crippen molar-refractivity contribution in [3.8, 4) is 0 Å². The average molecular weight is 290 g/mol. The Balaban J connectivity index is 3.18. The molecule has 0 spiro atoms. The summed E-state index contributed by atoms with van der Waals surface area (Å²) in [5.74, 6) is 0.0258. The molecule has 7 heteroatoms. The van der Waals surface area contributed by atoms with Gasteiger partial charge in [0, 0.05) is 10.9 Å². The molecule has 0 radical (unpaired) electrons. The molecule has 0 saturated heterocycles. The van der Waals surface area contributed by atoms with Crippen molar-refractivity contribution in [1.29, 1.82) is 0 Å². The van der Waals surface area contributed by atoms with Crippen LogP contribution in [0.5, 0.6) is 0 Å². The van der Waals surface area contributed by atoms with Gasteiger partial charge in [0.25, 0.3) is 0 Å². The summed E-state index contributed by atoms with van der Waals surface area (Å²) in [6.07, 6.45) is -4.67. The first-order valence-electron chi connectivity index (χ1n) is 4.00. The monoisotopic (exact) mass is 289 g/mol. The van der Waals surface area contributed by atoms with Crippen LogP contribution in [0.15, 0.2) is 23.2 Å². The molecule has 0 aromatic heterocycles. The lowest BCUT2D eigenvalue weighted by Crippen LogP contribution is -2.16. The maximum absolute atomic E-state index is 12.1.